The number of nitrogens with zero attached hydrogens (tertiary/aromatic N) is 2. The van der Waals surface area contributed by atoms with Crippen molar-refractivity contribution in [1.82, 2.24) is 15.1 Å². The predicted molar refractivity (Wildman–Crippen MR) is 96.5 cm³/mol. The lowest BCUT2D eigenvalue weighted by Crippen LogP contribution is -2.46. The molecule has 0 aromatic heterocycles. The summed E-state index contributed by atoms with van der Waals surface area (Å²) in [6, 6.07) is -0.254. The maximum atomic E-state index is 12.6. The first kappa shape index (κ1) is 19.0. The van der Waals surface area contributed by atoms with E-state index in [1.54, 1.807) is 4.90 Å². The van der Waals surface area contributed by atoms with Gasteiger partial charge in [-0.2, -0.15) is 0 Å². The van der Waals surface area contributed by atoms with Gasteiger partial charge < -0.3 is 15.0 Å². The summed E-state index contributed by atoms with van der Waals surface area (Å²) < 4.78 is 5.41. The van der Waals surface area contributed by atoms with Gasteiger partial charge in [0.15, 0.2) is 0 Å². The third-order valence-electron chi connectivity index (χ3n) is 5.72. The summed E-state index contributed by atoms with van der Waals surface area (Å²) in [4.78, 5) is 40.1. The zero-order valence-corrected chi connectivity index (χ0v) is 16.3. The fraction of sp³-hybridized carbons (Fsp3) is 0.842. The molecule has 3 fully saturated rings. The summed E-state index contributed by atoms with van der Waals surface area (Å²) >= 11 is 0. The third kappa shape index (κ3) is 3.96. The number of carbonyl (C=O) groups excluding carboxylic acids is 3. The fourth-order valence-electron chi connectivity index (χ4n) is 3.90. The van der Waals surface area contributed by atoms with E-state index in [1.807, 2.05) is 27.7 Å². The molecule has 0 aromatic rings. The van der Waals surface area contributed by atoms with Gasteiger partial charge in [0.05, 0.1) is 0 Å². The molecule has 1 unspecified atom stereocenters. The SMILES string of the molecule is CC(C)(C)OC(=O)N1CCC(CCN2C(=O)NC(C)(C3CC3)C2=O)CC1. The van der Waals surface area contributed by atoms with Gasteiger partial charge in [-0.25, -0.2) is 9.59 Å². The number of urea groups is 1. The number of likely N-dealkylation sites (tertiary alicyclic amines) is 1. The van der Waals surface area contributed by atoms with Gasteiger partial charge in [-0.15, -0.1) is 0 Å². The van der Waals surface area contributed by atoms with Crippen LogP contribution < -0.4 is 5.32 Å². The summed E-state index contributed by atoms with van der Waals surface area (Å²) in [5.74, 6) is 0.638. The van der Waals surface area contributed by atoms with Crippen LogP contribution in [0.5, 0.6) is 0 Å². The molecule has 2 saturated heterocycles. The maximum Gasteiger partial charge on any atom is 0.410 e. The van der Waals surface area contributed by atoms with Gasteiger partial charge in [0, 0.05) is 19.6 Å². The molecule has 26 heavy (non-hydrogen) atoms. The van der Waals surface area contributed by atoms with E-state index < -0.39 is 11.1 Å². The Bertz CT molecular complexity index is 588. The van der Waals surface area contributed by atoms with Gasteiger partial charge >= 0.3 is 12.1 Å². The van der Waals surface area contributed by atoms with Crippen LogP contribution in [0.2, 0.25) is 0 Å². The smallest absolute Gasteiger partial charge is 0.410 e. The highest BCUT2D eigenvalue weighted by Crippen LogP contribution is 2.42. The van der Waals surface area contributed by atoms with Crippen LogP contribution in [0.3, 0.4) is 0 Å². The molecule has 4 amide bonds. The Morgan fingerprint density at radius 1 is 1.19 bits per heavy atom. The van der Waals surface area contributed by atoms with Crippen molar-refractivity contribution >= 4 is 18.0 Å². The van der Waals surface area contributed by atoms with Gasteiger partial charge in [0.2, 0.25) is 0 Å². The van der Waals surface area contributed by atoms with Crippen LogP contribution in [0.25, 0.3) is 0 Å². The molecule has 0 aromatic carbocycles. The molecule has 146 valence electrons. The lowest BCUT2D eigenvalue weighted by molar-refractivity contribution is -0.131. The average molecular weight is 365 g/mol. The Kier molecular flexibility index (Phi) is 4.92. The molecular weight excluding hydrogens is 334 g/mol. The van der Waals surface area contributed by atoms with Gasteiger partial charge in [-0.3, -0.25) is 9.69 Å². The number of piperidine rings is 1. The molecule has 1 N–H and O–H groups in total. The zero-order valence-electron chi connectivity index (χ0n) is 16.3. The molecule has 0 radical (unpaired) electrons. The summed E-state index contributed by atoms with van der Waals surface area (Å²) in [7, 11) is 0. The number of imide groups is 1. The molecule has 7 heteroatoms. The molecule has 1 saturated carbocycles. The van der Waals surface area contributed by atoms with E-state index in [-0.39, 0.29) is 18.0 Å². The summed E-state index contributed by atoms with van der Waals surface area (Å²) in [5, 5.41) is 2.89. The van der Waals surface area contributed by atoms with Crippen LogP contribution in [0.4, 0.5) is 9.59 Å². The van der Waals surface area contributed by atoms with Crippen molar-refractivity contribution < 1.29 is 19.1 Å². The molecule has 1 aliphatic carbocycles. The van der Waals surface area contributed by atoms with Crippen LogP contribution >= 0.6 is 0 Å². The molecule has 3 rings (SSSR count). The minimum Gasteiger partial charge on any atom is -0.444 e. The Hall–Kier alpha value is -1.79. The molecule has 3 aliphatic rings. The predicted octanol–water partition coefficient (Wildman–Crippen LogP) is 2.74. The minimum absolute atomic E-state index is 0.0730. The summed E-state index contributed by atoms with van der Waals surface area (Å²) in [5.41, 5.74) is -1.18. The van der Waals surface area contributed by atoms with E-state index in [0.29, 0.717) is 31.5 Å². The van der Waals surface area contributed by atoms with E-state index in [4.69, 9.17) is 4.74 Å². The molecule has 0 bridgehead atoms. The molecular formula is C19H31N3O4. The number of nitrogens with one attached hydrogen (secondary N) is 1. The van der Waals surface area contributed by atoms with Crippen molar-refractivity contribution in [1.29, 1.82) is 0 Å². The van der Waals surface area contributed by atoms with Crippen molar-refractivity contribution in [3.63, 3.8) is 0 Å². The van der Waals surface area contributed by atoms with E-state index in [1.165, 1.54) is 4.90 Å². The second kappa shape index (κ2) is 6.74. The topological polar surface area (TPSA) is 79.0 Å². The third-order valence-corrected chi connectivity index (χ3v) is 5.72. The van der Waals surface area contributed by atoms with Crippen LogP contribution in [-0.2, 0) is 9.53 Å². The maximum absolute atomic E-state index is 12.6. The zero-order chi connectivity index (χ0) is 19.1. The first-order valence-corrected chi connectivity index (χ1v) is 9.72. The number of amides is 4. The second-order valence-corrected chi connectivity index (χ2v) is 9.06. The van der Waals surface area contributed by atoms with Crippen molar-refractivity contribution in [2.75, 3.05) is 19.6 Å². The van der Waals surface area contributed by atoms with E-state index in [0.717, 1.165) is 32.1 Å². The molecule has 7 nitrogen and oxygen atoms in total. The van der Waals surface area contributed by atoms with Gasteiger partial charge in [-0.05, 0) is 71.6 Å². The average Bonchev–Trinajstić information content (AvgIpc) is 3.36. The Labute approximate surface area is 155 Å². The fourth-order valence-corrected chi connectivity index (χ4v) is 3.90. The lowest BCUT2D eigenvalue weighted by Gasteiger charge is -2.33. The monoisotopic (exact) mass is 365 g/mol. The molecule has 1 atom stereocenters. The Morgan fingerprint density at radius 2 is 1.81 bits per heavy atom. The number of hydrogen-bond acceptors (Lipinski definition) is 4. The van der Waals surface area contributed by atoms with Crippen LogP contribution in [0.15, 0.2) is 0 Å². The number of rotatable bonds is 4. The molecule has 2 heterocycles. The van der Waals surface area contributed by atoms with Gasteiger partial charge in [-0.1, -0.05) is 0 Å². The minimum atomic E-state index is -0.697. The number of hydrogen-bond donors (Lipinski definition) is 1. The van der Waals surface area contributed by atoms with Gasteiger partial charge in [0.25, 0.3) is 5.91 Å². The first-order chi connectivity index (χ1) is 12.1. The highest BCUT2D eigenvalue weighted by Gasteiger charge is 2.55. The van der Waals surface area contributed by atoms with E-state index in [2.05, 4.69) is 5.32 Å². The molecule has 2 aliphatic heterocycles. The van der Waals surface area contributed by atoms with Crippen LogP contribution in [-0.4, -0.2) is 58.6 Å². The van der Waals surface area contributed by atoms with Crippen molar-refractivity contribution in [3.05, 3.63) is 0 Å². The normalized spacial score (nSPS) is 27.7. The van der Waals surface area contributed by atoms with Gasteiger partial charge in [0.1, 0.15) is 11.1 Å². The van der Waals surface area contributed by atoms with E-state index in [9.17, 15) is 14.4 Å². The first-order valence-electron chi connectivity index (χ1n) is 9.72. The standard InChI is InChI=1S/C19H31N3O4/c1-18(2,3)26-17(25)21-10-7-13(8-11-21)9-12-22-15(23)19(4,14-5-6-14)20-16(22)24/h13-14H,5-12H2,1-4H3,(H,20,24). The molecule has 0 spiro atoms. The van der Waals surface area contributed by atoms with Crippen molar-refractivity contribution in [2.24, 2.45) is 11.8 Å². The highest BCUT2D eigenvalue weighted by atomic mass is 16.6. The highest BCUT2D eigenvalue weighted by molar-refractivity contribution is 6.07. The van der Waals surface area contributed by atoms with E-state index >= 15 is 0 Å². The quantitative estimate of drug-likeness (QED) is 0.777. The Morgan fingerprint density at radius 3 is 2.35 bits per heavy atom. The second-order valence-electron chi connectivity index (χ2n) is 9.06. The van der Waals surface area contributed by atoms with Crippen LogP contribution in [0.1, 0.15) is 59.8 Å². The summed E-state index contributed by atoms with van der Waals surface area (Å²) in [6.45, 7) is 9.24. The number of carbonyl (C=O) groups is 3. The lowest BCUT2D eigenvalue weighted by atomic mass is 9.93. The summed E-state index contributed by atoms with van der Waals surface area (Å²) in [6.07, 6.45) is 4.32. The van der Waals surface area contributed by atoms with Crippen molar-refractivity contribution in [2.45, 2.75) is 70.9 Å². The van der Waals surface area contributed by atoms with Crippen molar-refractivity contribution in [3.8, 4) is 0 Å². The Balaban J connectivity index is 1.45. The number of ether oxygens (including phenoxy) is 1. The largest absolute Gasteiger partial charge is 0.444 e. The van der Waals surface area contributed by atoms with Crippen LogP contribution in [0, 0.1) is 11.8 Å².